The number of hydrogen-bond acceptors (Lipinski definition) is 4. The van der Waals surface area contributed by atoms with E-state index >= 15 is 0 Å². The van der Waals surface area contributed by atoms with Gasteiger partial charge in [-0.25, -0.2) is 4.39 Å². The van der Waals surface area contributed by atoms with E-state index in [0.29, 0.717) is 0 Å². The topological polar surface area (TPSA) is 66.4 Å². The molecule has 0 atom stereocenters. The van der Waals surface area contributed by atoms with Gasteiger partial charge in [0.05, 0.1) is 10.4 Å². The average molecular weight is 323 g/mol. The number of esters is 1. The summed E-state index contributed by atoms with van der Waals surface area (Å²) in [7, 11) is 0. The van der Waals surface area contributed by atoms with Crippen molar-refractivity contribution in [3.63, 3.8) is 0 Å². The molecule has 1 aromatic rings. The van der Waals surface area contributed by atoms with Crippen LogP contribution in [-0.4, -0.2) is 16.4 Å². The second kappa shape index (κ2) is 5.06. The van der Waals surface area contributed by atoms with Crippen molar-refractivity contribution in [1.82, 2.24) is 0 Å². The van der Waals surface area contributed by atoms with Gasteiger partial charge in [-0.1, -0.05) is 22.6 Å². The first-order valence-electron chi connectivity index (χ1n) is 3.82. The summed E-state index contributed by atoms with van der Waals surface area (Å²) in [5.41, 5.74) is -0.565. The number of carbonyl (C=O) groups is 2. The lowest BCUT2D eigenvalue weighted by atomic mass is 10.2. The Morgan fingerprint density at radius 1 is 1.47 bits per heavy atom. The summed E-state index contributed by atoms with van der Waals surface area (Å²) in [5, 5.41) is 10.4. The quantitative estimate of drug-likeness (QED) is 0.352. The fraction of sp³-hybridized carbons (Fsp3) is 0.111. The molecule has 15 heavy (non-hydrogen) atoms. The maximum absolute atomic E-state index is 13.0. The van der Waals surface area contributed by atoms with Crippen LogP contribution in [0.3, 0.4) is 0 Å². The fourth-order valence-electron chi connectivity index (χ4n) is 0.884. The smallest absolute Gasteiger partial charge is 0.321 e. The molecule has 0 amide bonds. The van der Waals surface area contributed by atoms with Gasteiger partial charge in [0.2, 0.25) is 0 Å². The first-order valence-corrected chi connectivity index (χ1v) is 5.34. The monoisotopic (exact) mass is 323 g/mol. The van der Waals surface area contributed by atoms with Gasteiger partial charge in [-0.3, -0.25) is 4.79 Å². The van der Waals surface area contributed by atoms with Crippen LogP contribution in [0.2, 0.25) is 0 Å². The van der Waals surface area contributed by atoms with E-state index in [9.17, 15) is 19.1 Å². The molecule has 0 fully saturated rings. The highest BCUT2D eigenvalue weighted by Crippen LogP contribution is 2.16. The molecule has 0 radical (unpaired) electrons. The number of rotatable bonds is 3. The Morgan fingerprint density at radius 3 is 2.60 bits per heavy atom. The van der Waals surface area contributed by atoms with E-state index in [4.69, 9.17) is 0 Å². The SMILES string of the molecule is O=C(CI)Oc1ccc(C(=O)[O-])c(F)c1. The molecular formula is C9H5FIO4-. The highest BCUT2D eigenvalue weighted by Gasteiger charge is 2.07. The van der Waals surface area contributed by atoms with E-state index in [1.165, 1.54) is 6.07 Å². The summed E-state index contributed by atoms with van der Waals surface area (Å²) in [6.45, 7) is 0. The third-order valence-electron chi connectivity index (χ3n) is 1.50. The van der Waals surface area contributed by atoms with Crippen molar-refractivity contribution in [2.75, 3.05) is 4.43 Å². The summed E-state index contributed by atoms with van der Waals surface area (Å²) in [6.07, 6.45) is 0. The zero-order valence-electron chi connectivity index (χ0n) is 7.33. The van der Waals surface area contributed by atoms with Crippen molar-refractivity contribution < 1.29 is 23.8 Å². The van der Waals surface area contributed by atoms with E-state index < -0.39 is 23.3 Å². The van der Waals surface area contributed by atoms with E-state index in [0.717, 1.165) is 12.1 Å². The van der Waals surface area contributed by atoms with Crippen molar-refractivity contribution >= 4 is 34.5 Å². The van der Waals surface area contributed by atoms with Crippen molar-refractivity contribution in [2.45, 2.75) is 0 Å². The number of halogens is 2. The third kappa shape index (κ3) is 3.15. The molecule has 0 unspecified atom stereocenters. The Bertz CT molecular complexity index is 405. The van der Waals surface area contributed by atoms with Gasteiger partial charge in [0, 0.05) is 11.6 Å². The van der Waals surface area contributed by atoms with Gasteiger partial charge >= 0.3 is 5.97 Å². The molecule has 0 bridgehead atoms. The van der Waals surface area contributed by atoms with Gasteiger partial charge in [-0.2, -0.15) is 0 Å². The molecule has 0 saturated heterocycles. The second-order valence-corrected chi connectivity index (χ2v) is 3.30. The summed E-state index contributed by atoms with van der Waals surface area (Å²) in [5.74, 6) is -3.16. The molecule has 6 heteroatoms. The lowest BCUT2D eigenvalue weighted by Gasteiger charge is -2.06. The zero-order chi connectivity index (χ0) is 11.4. The van der Waals surface area contributed by atoms with Crippen LogP contribution in [-0.2, 0) is 4.79 Å². The van der Waals surface area contributed by atoms with E-state index in [1.807, 2.05) is 0 Å². The predicted molar refractivity (Wildman–Crippen MR) is 55.3 cm³/mol. The van der Waals surface area contributed by atoms with E-state index in [1.54, 1.807) is 22.6 Å². The van der Waals surface area contributed by atoms with Crippen LogP contribution < -0.4 is 9.84 Å². The lowest BCUT2D eigenvalue weighted by Crippen LogP contribution is -2.23. The first-order chi connectivity index (χ1) is 7.04. The highest BCUT2D eigenvalue weighted by atomic mass is 127. The van der Waals surface area contributed by atoms with Gasteiger partial charge in [0.25, 0.3) is 0 Å². The van der Waals surface area contributed by atoms with Crippen molar-refractivity contribution in [1.29, 1.82) is 0 Å². The predicted octanol–water partition coefficient (Wildman–Crippen LogP) is 0.530. The number of carboxylic acids is 1. The van der Waals surface area contributed by atoms with Gasteiger partial charge in [0.15, 0.2) is 0 Å². The molecule has 0 aliphatic heterocycles. The van der Waals surface area contributed by atoms with Crippen LogP contribution >= 0.6 is 22.6 Å². The molecule has 0 heterocycles. The summed E-state index contributed by atoms with van der Waals surface area (Å²) < 4.78 is 17.8. The minimum Gasteiger partial charge on any atom is -0.545 e. The van der Waals surface area contributed by atoms with E-state index in [-0.39, 0.29) is 10.2 Å². The maximum Gasteiger partial charge on any atom is 0.321 e. The molecular weight excluding hydrogens is 318 g/mol. The number of carboxylic acid groups (broad SMARTS) is 1. The van der Waals surface area contributed by atoms with Crippen LogP contribution in [0.25, 0.3) is 0 Å². The van der Waals surface area contributed by atoms with Crippen molar-refractivity contribution in [3.05, 3.63) is 29.6 Å². The molecule has 0 aliphatic carbocycles. The molecule has 0 aromatic heterocycles. The maximum atomic E-state index is 13.0. The normalized spacial score (nSPS) is 9.73. The fourth-order valence-corrected chi connectivity index (χ4v) is 1.04. The minimum absolute atomic E-state index is 0.0285. The Labute approximate surface area is 98.2 Å². The van der Waals surface area contributed by atoms with Crippen LogP contribution in [0, 0.1) is 5.82 Å². The Morgan fingerprint density at radius 2 is 2.13 bits per heavy atom. The number of ether oxygens (including phenoxy) is 1. The van der Waals surface area contributed by atoms with Gasteiger partial charge in [0.1, 0.15) is 11.6 Å². The van der Waals surface area contributed by atoms with Crippen LogP contribution in [0.15, 0.2) is 18.2 Å². The van der Waals surface area contributed by atoms with Crippen molar-refractivity contribution in [3.8, 4) is 5.75 Å². The summed E-state index contributed by atoms with van der Waals surface area (Å²) in [6, 6.07) is 3.01. The molecule has 0 saturated carbocycles. The molecule has 1 rings (SSSR count). The number of carbonyl (C=O) groups excluding carboxylic acids is 2. The minimum atomic E-state index is -1.61. The number of hydrogen-bond donors (Lipinski definition) is 0. The average Bonchev–Trinajstić information content (AvgIpc) is 2.17. The molecule has 0 aliphatic rings. The Kier molecular flexibility index (Phi) is 4.01. The Hall–Kier alpha value is -1.18. The molecule has 4 nitrogen and oxygen atoms in total. The number of aromatic carboxylic acids is 1. The second-order valence-electron chi connectivity index (χ2n) is 2.54. The van der Waals surface area contributed by atoms with Gasteiger partial charge < -0.3 is 14.6 Å². The third-order valence-corrected chi connectivity index (χ3v) is 2.12. The number of benzene rings is 1. The highest BCUT2D eigenvalue weighted by molar-refractivity contribution is 14.1. The zero-order valence-corrected chi connectivity index (χ0v) is 9.49. The van der Waals surface area contributed by atoms with Crippen LogP contribution in [0.5, 0.6) is 5.75 Å². The molecule has 80 valence electrons. The number of alkyl halides is 1. The largest absolute Gasteiger partial charge is 0.545 e. The molecule has 0 spiro atoms. The summed E-state index contributed by atoms with van der Waals surface area (Å²) >= 11 is 1.79. The standard InChI is InChI=1S/C9H6FIO4/c10-7-3-5(15-8(12)4-11)1-2-6(7)9(13)14/h1-3H,4H2,(H,13,14)/p-1. The van der Waals surface area contributed by atoms with Crippen LogP contribution in [0.4, 0.5) is 4.39 Å². The van der Waals surface area contributed by atoms with Crippen molar-refractivity contribution in [2.24, 2.45) is 0 Å². The van der Waals surface area contributed by atoms with Gasteiger partial charge in [-0.15, -0.1) is 0 Å². The molecule has 0 N–H and O–H groups in total. The summed E-state index contributed by atoms with van der Waals surface area (Å²) in [4.78, 5) is 21.2. The first kappa shape index (κ1) is 11.9. The van der Waals surface area contributed by atoms with Crippen LogP contribution in [0.1, 0.15) is 10.4 Å². The molecule has 1 aromatic carbocycles. The van der Waals surface area contributed by atoms with E-state index in [2.05, 4.69) is 4.74 Å². The lowest BCUT2D eigenvalue weighted by molar-refractivity contribution is -0.255. The Balaban J connectivity index is 2.91. The van der Waals surface area contributed by atoms with Gasteiger partial charge in [-0.05, 0) is 12.1 Å².